The predicted octanol–water partition coefficient (Wildman–Crippen LogP) is 4.91. The third-order valence-electron chi connectivity index (χ3n) is 10.3. The van der Waals surface area contributed by atoms with E-state index in [4.69, 9.17) is 9.47 Å². The maximum Gasteiger partial charge on any atom is 0.174 e. The number of fused-ring (bicyclic) bond motifs is 6. The molecule has 0 amide bonds. The topological polar surface area (TPSA) is 38.7 Å². The van der Waals surface area contributed by atoms with Crippen molar-refractivity contribution in [2.75, 3.05) is 13.2 Å². The molecule has 3 nitrogen and oxygen atoms in total. The molecule has 0 aromatic rings. The van der Waals surface area contributed by atoms with Gasteiger partial charge in [0.25, 0.3) is 0 Å². The summed E-state index contributed by atoms with van der Waals surface area (Å²) in [6.45, 7) is 8.80. The standard InChI is InChI=1S/C23H38O3/c1-4-22(24)12-11-20(2)16(15-22)5-6-17-18(20)7-9-21(3)19(17)8-10-23(21)25-13-14-26-23/h16-19,24H,4-15H2,1-3H3. The largest absolute Gasteiger partial charge is 0.390 e. The van der Waals surface area contributed by atoms with Crippen LogP contribution in [0.4, 0.5) is 0 Å². The Kier molecular flexibility index (Phi) is 3.94. The van der Waals surface area contributed by atoms with Gasteiger partial charge in [-0.15, -0.1) is 0 Å². The van der Waals surface area contributed by atoms with Crippen LogP contribution in [0.25, 0.3) is 0 Å². The van der Waals surface area contributed by atoms with Crippen LogP contribution in [0.3, 0.4) is 0 Å². The Balaban J connectivity index is 1.42. The quantitative estimate of drug-likeness (QED) is 0.720. The van der Waals surface area contributed by atoms with Gasteiger partial charge in [0.15, 0.2) is 5.79 Å². The van der Waals surface area contributed by atoms with E-state index in [0.717, 1.165) is 62.6 Å². The maximum absolute atomic E-state index is 10.9. The van der Waals surface area contributed by atoms with Crippen LogP contribution in [0.2, 0.25) is 0 Å². The lowest BCUT2D eigenvalue weighted by atomic mass is 9.44. The van der Waals surface area contributed by atoms with Crippen molar-refractivity contribution >= 4 is 0 Å². The summed E-state index contributed by atoms with van der Waals surface area (Å²) < 4.78 is 12.5. The number of rotatable bonds is 1. The fraction of sp³-hybridized carbons (Fsp3) is 1.00. The van der Waals surface area contributed by atoms with Crippen molar-refractivity contribution < 1.29 is 14.6 Å². The Morgan fingerprint density at radius 2 is 1.62 bits per heavy atom. The second-order valence-corrected chi connectivity index (χ2v) is 10.9. The molecule has 1 aliphatic heterocycles. The molecule has 148 valence electrons. The maximum atomic E-state index is 10.9. The lowest BCUT2D eigenvalue weighted by Gasteiger charge is -2.62. The predicted molar refractivity (Wildman–Crippen MR) is 102 cm³/mol. The first-order valence-corrected chi connectivity index (χ1v) is 11.4. The highest BCUT2D eigenvalue weighted by atomic mass is 16.7. The zero-order chi connectivity index (χ0) is 18.2. The third-order valence-corrected chi connectivity index (χ3v) is 10.3. The lowest BCUT2D eigenvalue weighted by molar-refractivity contribution is -0.249. The van der Waals surface area contributed by atoms with Crippen LogP contribution < -0.4 is 0 Å². The van der Waals surface area contributed by atoms with Gasteiger partial charge in [0, 0.05) is 11.8 Å². The van der Waals surface area contributed by atoms with Gasteiger partial charge in [-0.05, 0) is 86.9 Å². The summed E-state index contributed by atoms with van der Waals surface area (Å²) in [5, 5.41) is 10.9. The average molecular weight is 363 g/mol. The molecule has 7 atom stereocenters. The molecule has 0 aromatic carbocycles. The molecule has 1 spiro atoms. The highest BCUT2D eigenvalue weighted by Gasteiger charge is 2.67. The van der Waals surface area contributed by atoms with Crippen molar-refractivity contribution in [2.45, 2.75) is 96.4 Å². The summed E-state index contributed by atoms with van der Waals surface area (Å²) in [5.41, 5.74) is 0.272. The molecule has 7 unspecified atom stereocenters. The molecular formula is C23H38O3. The minimum absolute atomic E-state index is 0.215. The summed E-state index contributed by atoms with van der Waals surface area (Å²) >= 11 is 0. The first-order valence-electron chi connectivity index (χ1n) is 11.4. The van der Waals surface area contributed by atoms with Crippen LogP contribution in [-0.2, 0) is 9.47 Å². The van der Waals surface area contributed by atoms with Gasteiger partial charge < -0.3 is 14.6 Å². The zero-order valence-corrected chi connectivity index (χ0v) is 17.1. The molecule has 1 heterocycles. The molecule has 1 saturated heterocycles. The molecule has 4 aliphatic carbocycles. The molecule has 0 bridgehead atoms. The molecule has 5 rings (SSSR count). The van der Waals surface area contributed by atoms with Gasteiger partial charge >= 0.3 is 0 Å². The smallest absolute Gasteiger partial charge is 0.174 e. The number of aliphatic hydroxyl groups is 1. The van der Waals surface area contributed by atoms with Crippen LogP contribution in [-0.4, -0.2) is 29.7 Å². The van der Waals surface area contributed by atoms with Gasteiger partial charge in [-0.1, -0.05) is 20.8 Å². The van der Waals surface area contributed by atoms with Crippen molar-refractivity contribution in [3.05, 3.63) is 0 Å². The van der Waals surface area contributed by atoms with E-state index in [9.17, 15) is 5.11 Å². The van der Waals surface area contributed by atoms with Gasteiger partial charge in [0.05, 0.1) is 18.8 Å². The Morgan fingerprint density at radius 1 is 0.885 bits per heavy atom. The van der Waals surface area contributed by atoms with Crippen molar-refractivity contribution in [1.29, 1.82) is 0 Å². The van der Waals surface area contributed by atoms with E-state index in [2.05, 4.69) is 20.8 Å². The fourth-order valence-electron chi connectivity index (χ4n) is 8.53. The van der Waals surface area contributed by atoms with Crippen molar-refractivity contribution in [3.63, 3.8) is 0 Å². The van der Waals surface area contributed by atoms with Crippen LogP contribution in [0, 0.1) is 34.5 Å². The van der Waals surface area contributed by atoms with Gasteiger partial charge in [0.2, 0.25) is 0 Å². The number of hydrogen-bond donors (Lipinski definition) is 1. The highest BCUT2D eigenvalue weighted by Crippen LogP contribution is 2.70. The average Bonchev–Trinajstić information content (AvgIpc) is 3.22. The summed E-state index contributed by atoms with van der Waals surface area (Å²) in [6, 6.07) is 0. The van der Waals surface area contributed by atoms with Crippen molar-refractivity contribution in [3.8, 4) is 0 Å². The van der Waals surface area contributed by atoms with Crippen LogP contribution >= 0.6 is 0 Å². The molecule has 4 saturated carbocycles. The van der Waals surface area contributed by atoms with Crippen LogP contribution in [0.1, 0.15) is 85.0 Å². The fourth-order valence-corrected chi connectivity index (χ4v) is 8.53. The van der Waals surface area contributed by atoms with Gasteiger partial charge in [0.1, 0.15) is 0 Å². The Morgan fingerprint density at radius 3 is 2.35 bits per heavy atom. The molecule has 3 heteroatoms. The Hall–Kier alpha value is -0.120. The zero-order valence-electron chi connectivity index (χ0n) is 17.1. The van der Waals surface area contributed by atoms with E-state index in [1.165, 1.54) is 38.5 Å². The van der Waals surface area contributed by atoms with E-state index >= 15 is 0 Å². The van der Waals surface area contributed by atoms with Crippen LogP contribution in [0.15, 0.2) is 0 Å². The van der Waals surface area contributed by atoms with E-state index < -0.39 is 0 Å². The molecule has 0 aromatic heterocycles. The minimum atomic E-state index is -0.386. The Bertz CT molecular complexity index is 570. The monoisotopic (exact) mass is 362 g/mol. The van der Waals surface area contributed by atoms with E-state index in [0.29, 0.717) is 5.41 Å². The molecule has 1 N–H and O–H groups in total. The summed E-state index contributed by atoms with van der Waals surface area (Å²) in [5.74, 6) is 2.91. The minimum Gasteiger partial charge on any atom is -0.390 e. The number of hydrogen-bond acceptors (Lipinski definition) is 3. The van der Waals surface area contributed by atoms with E-state index in [1.54, 1.807) is 0 Å². The first kappa shape index (κ1) is 17.9. The molecule has 5 fully saturated rings. The Labute approximate surface area is 159 Å². The molecule has 5 aliphatic rings. The van der Waals surface area contributed by atoms with Crippen molar-refractivity contribution in [2.24, 2.45) is 34.5 Å². The summed E-state index contributed by atoms with van der Waals surface area (Å²) in [4.78, 5) is 0. The van der Waals surface area contributed by atoms with Gasteiger partial charge in [-0.2, -0.15) is 0 Å². The molecular weight excluding hydrogens is 324 g/mol. The van der Waals surface area contributed by atoms with Gasteiger partial charge in [-0.25, -0.2) is 0 Å². The second kappa shape index (κ2) is 5.70. The van der Waals surface area contributed by atoms with Crippen LogP contribution in [0.5, 0.6) is 0 Å². The molecule has 0 radical (unpaired) electrons. The first-order chi connectivity index (χ1) is 12.4. The third kappa shape index (κ3) is 2.17. The lowest BCUT2D eigenvalue weighted by Crippen LogP contribution is -2.58. The molecule has 26 heavy (non-hydrogen) atoms. The van der Waals surface area contributed by atoms with E-state index in [1.807, 2.05) is 0 Å². The van der Waals surface area contributed by atoms with E-state index in [-0.39, 0.29) is 16.8 Å². The second-order valence-electron chi connectivity index (χ2n) is 10.9. The summed E-state index contributed by atoms with van der Waals surface area (Å²) in [7, 11) is 0. The number of ether oxygens (including phenoxy) is 2. The normalized spacial score (nSPS) is 55.4. The van der Waals surface area contributed by atoms with Gasteiger partial charge in [-0.3, -0.25) is 0 Å². The SMILES string of the molecule is CCC1(O)CCC2(C)C(CCC3C2CCC2(C)C3CCC23OCCO3)C1. The van der Waals surface area contributed by atoms with Crippen molar-refractivity contribution in [1.82, 2.24) is 0 Å². The highest BCUT2D eigenvalue weighted by molar-refractivity contribution is 5.13. The summed E-state index contributed by atoms with van der Waals surface area (Å²) in [6.07, 6.45) is 11.9.